The number of nitrogens with zero attached hydrogens (tertiary/aromatic N) is 2. The van der Waals surface area contributed by atoms with Gasteiger partial charge in [0.1, 0.15) is 0 Å². The first kappa shape index (κ1) is 15.0. The van der Waals surface area contributed by atoms with Crippen LogP contribution in [0.1, 0.15) is 5.56 Å². The minimum atomic E-state index is 0.160. The minimum absolute atomic E-state index is 0.160. The quantitative estimate of drug-likeness (QED) is 0.923. The van der Waals surface area contributed by atoms with Crippen LogP contribution in [0.5, 0.6) is 0 Å². The van der Waals surface area contributed by atoms with Crippen LogP contribution in [0.25, 0.3) is 0 Å². The van der Waals surface area contributed by atoms with Crippen molar-refractivity contribution in [3.8, 4) is 0 Å². The molecule has 1 N–H and O–H groups in total. The number of hydrogen-bond donors (Lipinski definition) is 1. The Bertz CT molecular complexity index is 741. The Labute approximate surface area is 141 Å². The van der Waals surface area contributed by atoms with E-state index in [1.807, 2.05) is 29.2 Å². The Balaban J connectivity index is 1.62. The summed E-state index contributed by atoms with van der Waals surface area (Å²) in [6, 6.07) is 16.4. The highest BCUT2D eigenvalue weighted by molar-refractivity contribution is 5.86. The molecule has 4 rings (SSSR count). The number of carbonyl (C=O) groups is 1. The molecule has 0 radical (unpaired) electrons. The lowest BCUT2D eigenvalue weighted by atomic mass is 10.1. The van der Waals surface area contributed by atoms with Gasteiger partial charge in [0, 0.05) is 25.3 Å². The number of para-hydroxylation sites is 3. The fourth-order valence-corrected chi connectivity index (χ4v) is 3.29. The maximum absolute atomic E-state index is 12.7. The van der Waals surface area contributed by atoms with Crippen LogP contribution in [0.4, 0.5) is 17.1 Å². The van der Waals surface area contributed by atoms with Crippen LogP contribution >= 0.6 is 0 Å². The van der Waals surface area contributed by atoms with Gasteiger partial charge in [-0.3, -0.25) is 4.79 Å². The molecule has 0 saturated carbocycles. The van der Waals surface area contributed by atoms with Gasteiger partial charge in [-0.1, -0.05) is 30.3 Å². The molecule has 5 nitrogen and oxygen atoms in total. The van der Waals surface area contributed by atoms with Crippen molar-refractivity contribution < 1.29 is 9.53 Å². The van der Waals surface area contributed by atoms with Gasteiger partial charge in [-0.25, -0.2) is 0 Å². The molecule has 24 heavy (non-hydrogen) atoms. The molecule has 2 aromatic rings. The smallest absolute Gasteiger partial charge is 0.242 e. The molecule has 0 spiro atoms. The normalized spacial score (nSPS) is 16.7. The third-order valence-corrected chi connectivity index (χ3v) is 4.58. The van der Waals surface area contributed by atoms with Crippen molar-refractivity contribution in [2.75, 3.05) is 43.1 Å². The van der Waals surface area contributed by atoms with Crippen LogP contribution in [-0.4, -0.2) is 43.7 Å². The molecule has 124 valence electrons. The number of benzene rings is 2. The lowest BCUT2D eigenvalue weighted by molar-refractivity contribution is -0.133. The second-order valence-electron chi connectivity index (χ2n) is 6.15. The number of hydrogen-bond acceptors (Lipinski definition) is 4. The lowest BCUT2D eigenvalue weighted by Gasteiger charge is -2.31. The second-order valence-corrected chi connectivity index (χ2v) is 6.15. The zero-order chi connectivity index (χ0) is 16.4. The number of carbonyl (C=O) groups excluding carboxylic acids is 1. The van der Waals surface area contributed by atoms with Crippen LogP contribution < -0.4 is 10.2 Å². The van der Waals surface area contributed by atoms with E-state index in [1.165, 1.54) is 5.56 Å². The predicted octanol–water partition coefficient (Wildman–Crippen LogP) is 2.61. The molecule has 2 aliphatic rings. The van der Waals surface area contributed by atoms with Gasteiger partial charge in [0.05, 0.1) is 31.1 Å². The van der Waals surface area contributed by atoms with E-state index < -0.39 is 0 Å². The number of rotatable bonds is 2. The predicted molar refractivity (Wildman–Crippen MR) is 94.6 cm³/mol. The van der Waals surface area contributed by atoms with Crippen molar-refractivity contribution in [3.05, 3.63) is 54.1 Å². The summed E-state index contributed by atoms with van der Waals surface area (Å²) in [6.45, 7) is 3.73. The monoisotopic (exact) mass is 323 g/mol. The highest BCUT2D eigenvalue weighted by atomic mass is 16.5. The first-order valence-electron chi connectivity index (χ1n) is 8.36. The molecule has 2 heterocycles. The molecule has 0 atom stereocenters. The zero-order valence-electron chi connectivity index (χ0n) is 13.6. The summed E-state index contributed by atoms with van der Waals surface area (Å²) in [5.41, 5.74) is 4.40. The summed E-state index contributed by atoms with van der Waals surface area (Å²) in [4.78, 5) is 16.8. The molecular formula is C19H21N3O2. The summed E-state index contributed by atoms with van der Waals surface area (Å²) in [5.74, 6) is 0.160. The molecule has 0 unspecified atom stereocenters. The molecular weight excluding hydrogens is 302 g/mol. The van der Waals surface area contributed by atoms with Crippen molar-refractivity contribution in [3.63, 3.8) is 0 Å². The van der Waals surface area contributed by atoms with Gasteiger partial charge in [0.15, 0.2) is 0 Å². The average molecular weight is 323 g/mol. The molecule has 5 heteroatoms. The topological polar surface area (TPSA) is 44.8 Å². The second kappa shape index (κ2) is 6.53. The Morgan fingerprint density at radius 1 is 1.00 bits per heavy atom. The molecule has 0 aliphatic carbocycles. The Hall–Kier alpha value is -2.53. The van der Waals surface area contributed by atoms with Crippen LogP contribution in [0.3, 0.4) is 0 Å². The van der Waals surface area contributed by atoms with Gasteiger partial charge in [-0.2, -0.15) is 0 Å². The highest BCUT2D eigenvalue weighted by Gasteiger charge is 2.23. The van der Waals surface area contributed by atoms with Crippen molar-refractivity contribution in [2.24, 2.45) is 0 Å². The van der Waals surface area contributed by atoms with E-state index >= 15 is 0 Å². The third kappa shape index (κ3) is 2.95. The molecule has 1 fully saturated rings. The van der Waals surface area contributed by atoms with Crippen molar-refractivity contribution in [2.45, 2.75) is 6.54 Å². The van der Waals surface area contributed by atoms with Gasteiger partial charge in [0.25, 0.3) is 0 Å². The van der Waals surface area contributed by atoms with Crippen LogP contribution in [0.15, 0.2) is 48.5 Å². The summed E-state index contributed by atoms with van der Waals surface area (Å²) in [5, 5.41) is 3.50. The third-order valence-electron chi connectivity index (χ3n) is 4.58. The van der Waals surface area contributed by atoms with Gasteiger partial charge in [-0.15, -0.1) is 0 Å². The number of fused-ring (bicyclic) bond motifs is 2. The summed E-state index contributed by atoms with van der Waals surface area (Å²) >= 11 is 0. The van der Waals surface area contributed by atoms with Gasteiger partial charge in [-0.05, 0) is 23.8 Å². The van der Waals surface area contributed by atoms with Crippen molar-refractivity contribution in [1.82, 2.24) is 4.90 Å². The number of amides is 1. The fourth-order valence-electron chi connectivity index (χ4n) is 3.29. The van der Waals surface area contributed by atoms with Crippen LogP contribution in [-0.2, 0) is 16.1 Å². The standard InChI is InChI=1S/C19H21N3O2/c23-19(21-9-11-24-12-10-21)14-22-13-15-5-1-2-6-16(15)20-17-7-3-4-8-18(17)22/h1-8,20H,9-14H2. The maximum Gasteiger partial charge on any atom is 0.242 e. The maximum atomic E-state index is 12.7. The molecule has 1 amide bonds. The van der Waals surface area contributed by atoms with Gasteiger partial charge in [0.2, 0.25) is 5.91 Å². The molecule has 1 saturated heterocycles. The van der Waals surface area contributed by atoms with Crippen LogP contribution in [0.2, 0.25) is 0 Å². The summed E-state index contributed by atoms with van der Waals surface area (Å²) in [7, 11) is 0. The number of ether oxygens (including phenoxy) is 1. The van der Waals surface area contributed by atoms with Gasteiger partial charge >= 0.3 is 0 Å². The highest BCUT2D eigenvalue weighted by Crippen LogP contribution is 2.35. The molecule has 2 aromatic carbocycles. The Morgan fingerprint density at radius 3 is 2.54 bits per heavy atom. The van der Waals surface area contributed by atoms with E-state index in [1.54, 1.807) is 0 Å². The first-order chi connectivity index (χ1) is 11.8. The van der Waals surface area contributed by atoms with Crippen LogP contribution in [0, 0.1) is 0 Å². The largest absolute Gasteiger partial charge is 0.378 e. The lowest BCUT2D eigenvalue weighted by Crippen LogP contribution is -2.45. The molecule has 2 aliphatic heterocycles. The SMILES string of the molecule is O=C(CN1Cc2ccccc2Nc2ccccc21)N1CCOCC1. The van der Waals surface area contributed by atoms with E-state index in [9.17, 15) is 4.79 Å². The Morgan fingerprint density at radius 2 is 1.71 bits per heavy atom. The number of anilines is 3. The number of morpholine rings is 1. The molecule has 0 bridgehead atoms. The average Bonchev–Trinajstić information content (AvgIpc) is 2.79. The summed E-state index contributed by atoms with van der Waals surface area (Å²) in [6.07, 6.45) is 0. The van der Waals surface area contributed by atoms with E-state index in [0.717, 1.165) is 23.6 Å². The fraction of sp³-hybridized carbons (Fsp3) is 0.316. The first-order valence-corrected chi connectivity index (χ1v) is 8.36. The number of nitrogens with one attached hydrogen (secondary N) is 1. The van der Waals surface area contributed by atoms with E-state index in [2.05, 4.69) is 34.5 Å². The summed E-state index contributed by atoms with van der Waals surface area (Å²) < 4.78 is 5.35. The van der Waals surface area contributed by atoms with Gasteiger partial charge < -0.3 is 19.9 Å². The Kier molecular flexibility index (Phi) is 4.09. The van der Waals surface area contributed by atoms with E-state index in [0.29, 0.717) is 32.8 Å². The zero-order valence-corrected chi connectivity index (χ0v) is 13.6. The van der Waals surface area contributed by atoms with E-state index in [-0.39, 0.29) is 5.91 Å². The van der Waals surface area contributed by atoms with Crippen molar-refractivity contribution in [1.29, 1.82) is 0 Å². The van der Waals surface area contributed by atoms with Crippen molar-refractivity contribution >= 4 is 23.0 Å². The minimum Gasteiger partial charge on any atom is -0.378 e. The molecule has 0 aromatic heterocycles. The van der Waals surface area contributed by atoms with E-state index in [4.69, 9.17) is 4.74 Å².